The van der Waals surface area contributed by atoms with Crippen molar-refractivity contribution in [2.45, 2.75) is 38.8 Å². The number of benzene rings is 2. The first-order valence-corrected chi connectivity index (χ1v) is 9.66. The third-order valence-corrected chi connectivity index (χ3v) is 5.11. The minimum absolute atomic E-state index is 0.0248. The second-order valence-electron chi connectivity index (χ2n) is 8.37. The highest BCUT2D eigenvalue weighted by Crippen LogP contribution is 2.41. The highest BCUT2D eigenvalue weighted by Gasteiger charge is 2.40. The van der Waals surface area contributed by atoms with Crippen molar-refractivity contribution in [3.8, 4) is 11.5 Å². The Labute approximate surface area is 170 Å². The average Bonchev–Trinajstić information content (AvgIpc) is 2.98. The number of amides is 1. The molecule has 2 aliphatic rings. The molecule has 0 radical (unpaired) electrons. The van der Waals surface area contributed by atoms with Crippen molar-refractivity contribution in [3.63, 3.8) is 0 Å². The molecule has 0 aromatic heterocycles. The molecule has 0 aliphatic carbocycles. The number of methoxy groups -OCH3 is 1. The topological polar surface area (TPSA) is 71.5 Å². The van der Waals surface area contributed by atoms with Gasteiger partial charge in [0, 0.05) is 18.3 Å². The lowest BCUT2D eigenvalue weighted by Gasteiger charge is -2.28. The summed E-state index contributed by atoms with van der Waals surface area (Å²) in [6.45, 7) is 6.38. The molecule has 1 N–H and O–H groups in total. The predicted octanol–water partition coefficient (Wildman–Crippen LogP) is 3.50. The van der Waals surface area contributed by atoms with Gasteiger partial charge in [-0.1, -0.05) is 18.2 Å². The van der Waals surface area contributed by atoms with Crippen molar-refractivity contribution in [1.82, 2.24) is 0 Å². The second kappa shape index (κ2) is 7.24. The summed E-state index contributed by atoms with van der Waals surface area (Å²) in [6.07, 6.45) is 0.760. The van der Waals surface area contributed by atoms with Crippen LogP contribution >= 0.6 is 0 Å². The summed E-state index contributed by atoms with van der Waals surface area (Å²) >= 11 is 0. The van der Waals surface area contributed by atoms with Gasteiger partial charge in [0.15, 0.2) is 18.2 Å². The number of carbonyl (C=O) groups is 1. The summed E-state index contributed by atoms with van der Waals surface area (Å²) in [4.78, 5) is 28.2. The number of ether oxygens (including phenoxy) is 1. The van der Waals surface area contributed by atoms with Gasteiger partial charge >= 0.3 is 0 Å². The number of phenols is 1. The third-order valence-electron chi connectivity index (χ3n) is 5.11. The van der Waals surface area contributed by atoms with Gasteiger partial charge in [0.05, 0.1) is 30.0 Å². The normalized spacial score (nSPS) is 18.2. The van der Waals surface area contributed by atoms with Gasteiger partial charge in [-0.15, -0.1) is 0 Å². The Hall–Kier alpha value is -2.77. The minimum Gasteiger partial charge on any atom is -0.504 e. The predicted molar refractivity (Wildman–Crippen MR) is 110 cm³/mol. The zero-order valence-electron chi connectivity index (χ0n) is 17.1. The SMILES string of the molecule is COc1cc2c(cc1O)N(COOC(C)(C)C)C[C@@H]1Cc3ccccc3N1C2=O. The molecule has 0 saturated heterocycles. The van der Waals surface area contributed by atoms with Gasteiger partial charge in [0.2, 0.25) is 0 Å². The molecule has 4 rings (SSSR count). The fourth-order valence-electron chi connectivity index (χ4n) is 3.91. The van der Waals surface area contributed by atoms with Crippen molar-refractivity contribution >= 4 is 17.3 Å². The molecule has 2 heterocycles. The summed E-state index contributed by atoms with van der Waals surface area (Å²) < 4.78 is 5.25. The Balaban J connectivity index is 1.75. The summed E-state index contributed by atoms with van der Waals surface area (Å²) in [7, 11) is 1.47. The van der Waals surface area contributed by atoms with Crippen LogP contribution in [0.5, 0.6) is 11.5 Å². The Morgan fingerprint density at radius 2 is 1.93 bits per heavy atom. The van der Waals surface area contributed by atoms with Crippen LogP contribution in [-0.4, -0.2) is 43.0 Å². The van der Waals surface area contributed by atoms with Crippen LogP contribution in [0.15, 0.2) is 36.4 Å². The van der Waals surface area contributed by atoms with Crippen LogP contribution in [0.25, 0.3) is 0 Å². The number of aromatic hydroxyl groups is 1. The maximum atomic E-state index is 13.5. The van der Waals surface area contributed by atoms with Crippen molar-refractivity contribution in [1.29, 1.82) is 0 Å². The highest BCUT2D eigenvalue weighted by molar-refractivity contribution is 6.12. The fourth-order valence-corrected chi connectivity index (χ4v) is 3.91. The number of carbonyl (C=O) groups excluding carboxylic acids is 1. The van der Waals surface area contributed by atoms with E-state index in [9.17, 15) is 9.90 Å². The summed E-state index contributed by atoms with van der Waals surface area (Å²) in [5.41, 5.74) is 2.67. The number of rotatable bonds is 4. The van der Waals surface area contributed by atoms with E-state index in [1.807, 2.05) is 48.8 Å². The zero-order chi connectivity index (χ0) is 20.8. The molecule has 2 aliphatic heterocycles. The van der Waals surface area contributed by atoms with Crippen molar-refractivity contribution in [2.24, 2.45) is 0 Å². The van der Waals surface area contributed by atoms with E-state index in [4.69, 9.17) is 14.5 Å². The third kappa shape index (κ3) is 3.63. The largest absolute Gasteiger partial charge is 0.504 e. The van der Waals surface area contributed by atoms with E-state index in [0.717, 1.165) is 17.7 Å². The molecule has 0 fully saturated rings. The lowest BCUT2D eigenvalue weighted by molar-refractivity contribution is -0.347. The standard InChI is InChI=1S/C22H26N2O5/c1-22(2,3)29-28-13-23-12-15-9-14-7-5-6-8-17(14)24(15)21(26)16-10-20(27-4)19(25)11-18(16)23/h5-8,10-11,15,25H,9,12-13H2,1-4H3/t15-/m0/s1. The van der Waals surface area contributed by atoms with E-state index in [1.54, 1.807) is 12.1 Å². The molecule has 0 unspecified atom stereocenters. The summed E-state index contributed by atoms with van der Waals surface area (Å²) in [5, 5.41) is 10.3. The van der Waals surface area contributed by atoms with Gasteiger partial charge in [0.25, 0.3) is 5.91 Å². The molecule has 0 saturated carbocycles. The molecule has 2 aromatic rings. The Kier molecular flexibility index (Phi) is 4.88. The molecule has 0 bridgehead atoms. The second-order valence-corrected chi connectivity index (χ2v) is 8.37. The van der Waals surface area contributed by atoms with Crippen LogP contribution in [0.2, 0.25) is 0 Å². The van der Waals surface area contributed by atoms with Crippen molar-refractivity contribution in [2.75, 3.05) is 30.2 Å². The van der Waals surface area contributed by atoms with E-state index in [1.165, 1.54) is 7.11 Å². The molecular weight excluding hydrogens is 372 g/mol. The molecule has 29 heavy (non-hydrogen) atoms. The first kappa shape index (κ1) is 19.5. The molecule has 1 atom stereocenters. The average molecular weight is 398 g/mol. The molecule has 2 aromatic carbocycles. The molecule has 154 valence electrons. The molecule has 7 heteroatoms. The Morgan fingerprint density at radius 3 is 2.66 bits per heavy atom. The van der Waals surface area contributed by atoms with Crippen LogP contribution < -0.4 is 14.5 Å². The highest BCUT2D eigenvalue weighted by atomic mass is 17.2. The Morgan fingerprint density at radius 1 is 1.17 bits per heavy atom. The maximum absolute atomic E-state index is 13.5. The smallest absolute Gasteiger partial charge is 0.260 e. The van der Waals surface area contributed by atoms with E-state index in [0.29, 0.717) is 17.8 Å². The lowest BCUT2D eigenvalue weighted by Crippen LogP contribution is -2.43. The molecule has 0 spiro atoms. The van der Waals surface area contributed by atoms with Crippen LogP contribution in [-0.2, 0) is 16.2 Å². The van der Waals surface area contributed by atoms with E-state index in [-0.39, 0.29) is 30.2 Å². The van der Waals surface area contributed by atoms with Gasteiger partial charge in [-0.05, 0) is 44.9 Å². The first-order chi connectivity index (χ1) is 13.8. The van der Waals surface area contributed by atoms with Gasteiger partial charge in [-0.3, -0.25) is 4.79 Å². The van der Waals surface area contributed by atoms with Gasteiger partial charge in [-0.2, -0.15) is 0 Å². The first-order valence-electron chi connectivity index (χ1n) is 9.66. The zero-order valence-corrected chi connectivity index (χ0v) is 17.1. The quantitative estimate of drug-likeness (QED) is 0.628. The number of para-hydroxylation sites is 1. The lowest BCUT2D eigenvalue weighted by atomic mass is 10.1. The molecular formula is C22H26N2O5. The number of hydrogen-bond donors (Lipinski definition) is 1. The van der Waals surface area contributed by atoms with Crippen molar-refractivity contribution < 1.29 is 24.4 Å². The summed E-state index contributed by atoms with van der Waals surface area (Å²) in [6, 6.07) is 11.1. The Bertz CT molecular complexity index is 937. The van der Waals surface area contributed by atoms with E-state index >= 15 is 0 Å². The van der Waals surface area contributed by atoms with Gasteiger partial charge in [-0.25, -0.2) is 9.78 Å². The molecule has 7 nitrogen and oxygen atoms in total. The van der Waals surface area contributed by atoms with E-state index in [2.05, 4.69) is 6.07 Å². The minimum atomic E-state index is -0.456. The number of phenolic OH excluding ortho intramolecular Hbond substituents is 1. The van der Waals surface area contributed by atoms with Gasteiger partial charge in [0.1, 0.15) is 0 Å². The van der Waals surface area contributed by atoms with Crippen LogP contribution in [0.4, 0.5) is 11.4 Å². The fraction of sp³-hybridized carbons (Fsp3) is 0.409. The number of hydrogen-bond acceptors (Lipinski definition) is 6. The summed E-state index contributed by atoms with van der Waals surface area (Å²) in [5.74, 6) is 0.116. The van der Waals surface area contributed by atoms with Gasteiger partial charge < -0.3 is 19.6 Å². The van der Waals surface area contributed by atoms with Crippen LogP contribution in [0.3, 0.4) is 0 Å². The maximum Gasteiger partial charge on any atom is 0.260 e. The van der Waals surface area contributed by atoms with Crippen LogP contribution in [0.1, 0.15) is 36.7 Å². The monoisotopic (exact) mass is 398 g/mol. The number of nitrogens with zero attached hydrogens (tertiary/aromatic N) is 2. The number of fused-ring (bicyclic) bond motifs is 4. The van der Waals surface area contributed by atoms with Crippen LogP contribution in [0, 0.1) is 0 Å². The van der Waals surface area contributed by atoms with Crippen molar-refractivity contribution in [3.05, 3.63) is 47.5 Å². The van der Waals surface area contributed by atoms with E-state index < -0.39 is 5.60 Å². The number of anilines is 2. The molecule has 1 amide bonds.